The SMILES string of the molecule is S=C(NC1CC1)N(Cc1cccs1)Cc1cccs1. The molecule has 0 radical (unpaired) electrons. The maximum atomic E-state index is 5.56. The Bertz CT molecular complexity index is 479. The Kier molecular flexibility index (Phi) is 4.15. The van der Waals surface area contributed by atoms with E-state index in [0.717, 1.165) is 18.2 Å². The number of nitrogens with one attached hydrogen (secondary N) is 1. The summed E-state index contributed by atoms with van der Waals surface area (Å²) in [5, 5.41) is 8.58. The average molecular weight is 308 g/mol. The van der Waals surface area contributed by atoms with Crippen molar-refractivity contribution in [2.45, 2.75) is 32.0 Å². The van der Waals surface area contributed by atoms with Crippen molar-refractivity contribution in [1.82, 2.24) is 10.2 Å². The molecule has 0 amide bonds. The summed E-state index contributed by atoms with van der Waals surface area (Å²) in [7, 11) is 0. The quantitative estimate of drug-likeness (QED) is 0.845. The number of hydrogen-bond donors (Lipinski definition) is 1. The fourth-order valence-electron chi connectivity index (χ4n) is 1.87. The molecule has 2 nitrogen and oxygen atoms in total. The smallest absolute Gasteiger partial charge is 0.169 e. The summed E-state index contributed by atoms with van der Waals surface area (Å²) >= 11 is 9.14. The van der Waals surface area contributed by atoms with Crippen molar-refractivity contribution >= 4 is 40.0 Å². The lowest BCUT2D eigenvalue weighted by Crippen LogP contribution is -2.39. The van der Waals surface area contributed by atoms with Gasteiger partial charge in [0.05, 0.1) is 13.1 Å². The molecule has 0 aliphatic heterocycles. The van der Waals surface area contributed by atoms with Gasteiger partial charge in [-0.3, -0.25) is 0 Å². The predicted molar refractivity (Wildman–Crippen MR) is 86.6 cm³/mol. The molecule has 100 valence electrons. The van der Waals surface area contributed by atoms with Gasteiger partial charge in [0.25, 0.3) is 0 Å². The van der Waals surface area contributed by atoms with E-state index in [1.807, 2.05) is 0 Å². The minimum Gasteiger partial charge on any atom is -0.360 e. The fraction of sp³-hybridized carbons (Fsp3) is 0.357. The molecule has 1 aliphatic carbocycles. The largest absolute Gasteiger partial charge is 0.360 e. The van der Waals surface area contributed by atoms with E-state index >= 15 is 0 Å². The zero-order valence-corrected chi connectivity index (χ0v) is 13.0. The van der Waals surface area contributed by atoms with Crippen LogP contribution in [0, 0.1) is 0 Å². The molecule has 0 aromatic carbocycles. The third-order valence-corrected chi connectivity index (χ3v) is 5.14. The molecule has 1 N–H and O–H groups in total. The summed E-state index contributed by atoms with van der Waals surface area (Å²) in [5.41, 5.74) is 0. The second kappa shape index (κ2) is 6.03. The summed E-state index contributed by atoms with van der Waals surface area (Å²) in [6.07, 6.45) is 2.51. The maximum Gasteiger partial charge on any atom is 0.169 e. The van der Waals surface area contributed by atoms with Gasteiger partial charge in [0.2, 0.25) is 0 Å². The van der Waals surface area contributed by atoms with Crippen molar-refractivity contribution in [2.24, 2.45) is 0 Å². The van der Waals surface area contributed by atoms with Crippen molar-refractivity contribution in [1.29, 1.82) is 0 Å². The van der Waals surface area contributed by atoms with Crippen molar-refractivity contribution in [2.75, 3.05) is 0 Å². The number of thiophene rings is 2. The van der Waals surface area contributed by atoms with Gasteiger partial charge >= 0.3 is 0 Å². The molecular weight excluding hydrogens is 292 g/mol. The van der Waals surface area contributed by atoms with Crippen LogP contribution >= 0.6 is 34.9 Å². The minimum atomic E-state index is 0.613. The third-order valence-electron chi connectivity index (χ3n) is 3.05. The van der Waals surface area contributed by atoms with Gasteiger partial charge in [-0.25, -0.2) is 0 Å². The average Bonchev–Trinajstić information content (AvgIpc) is 2.90. The standard InChI is InChI=1S/C14H16N2S3/c17-14(15-11-5-6-11)16(9-12-3-1-7-18-12)10-13-4-2-8-19-13/h1-4,7-8,11H,5-6,9-10H2,(H,15,17). The summed E-state index contributed by atoms with van der Waals surface area (Å²) in [6, 6.07) is 9.15. The molecular formula is C14H16N2S3. The summed E-state index contributed by atoms with van der Waals surface area (Å²) in [6.45, 7) is 1.79. The molecule has 0 saturated heterocycles. The Morgan fingerprint density at radius 1 is 1.16 bits per heavy atom. The lowest BCUT2D eigenvalue weighted by atomic mass is 10.4. The van der Waals surface area contributed by atoms with Crippen LogP contribution in [0.25, 0.3) is 0 Å². The van der Waals surface area contributed by atoms with Gasteiger partial charge in [0, 0.05) is 15.8 Å². The topological polar surface area (TPSA) is 15.3 Å². The number of hydrogen-bond acceptors (Lipinski definition) is 3. The second-order valence-electron chi connectivity index (χ2n) is 4.74. The van der Waals surface area contributed by atoms with Gasteiger partial charge in [0.15, 0.2) is 5.11 Å². The molecule has 3 rings (SSSR count). The molecule has 0 atom stereocenters. The van der Waals surface area contributed by atoms with E-state index in [1.54, 1.807) is 22.7 Å². The van der Waals surface area contributed by atoms with E-state index in [-0.39, 0.29) is 0 Å². The molecule has 2 aromatic rings. The van der Waals surface area contributed by atoms with Crippen molar-refractivity contribution in [3.63, 3.8) is 0 Å². The van der Waals surface area contributed by atoms with Crippen LogP contribution in [0.4, 0.5) is 0 Å². The maximum absolute atomic E-state index is 5.56. The van der Waals surface area contributed by atoms with Crippen LogP contribution in [0.15, 0.2) is 35.0 Å². The highest BCUT2D eigenvalue weighted by atomic mass is 32.1. The van der Waals surface area contributed by atoms with Crippen molar-refractivity contribution in [3.05, 3.63) is 44.8 Å². The van der Waals surface area contributed by atoms with E-state index < -0.39 is 0 Å². The van der Waals surface area contributed by atoms with Crippen LogP contribution < -0.4 is 5.32 Å². The highest BCUT2D eigenvalue weighted by molar-refractivity contribution is 7.80. The minimum absolute atomic E-state index is 0.613. The van der Waals surface area contributed by atoms with E-state index in [1.165, 1.54) is 22.6 Å². The Hall–Kier alpha value is -0.910. The van der Waals surface area contributed by atoms with Gasteiger partial charge < -0.3 is 10.2 Å². The highest BCUT2D eigenvalue weighted by Gasteiger charge is 2.24. The van der Waals surface area contributed by atoms with Crippen LogP contribution in [-0.2, 0) is 13.1 Å². The first-order chi connectivity index (χ1) is 9.31. The Morgan fingerprint density at radius 3 is 2.16 bits per heavy atom. The van der Waals surface area contributed by atoms with Gasteiger partial charge in [-0.05, 0) is 48.0 Å². The molecule has 1 aliphatic rings. The van der Waals surface area contributed by atoms with E-state index in [2.05, 4.69) is 45.2 Å². The van der Waals surface area contributed by atoms with E-state index in [4.69, 9.17) is 12.2 Å². The molecule has 0 unspecified atom stereocenters. The molecule has 19 heavy (non-hydrogen) atoms. The van der Waals surface area contributed by atoms with Crippen molar-refractivity contribution in [3.8, 4) is 0 Å². The first-order valence-electron chi connectivity index (χ1n) is 6.41. The first-order valence-corrected chi connectivity index (χ1v) is 8.58. The predicted octanol–water partition coefficient (Wildman–Crippen LogP) is 3.85. The molecule has 1 saturated carbocycles. The normalized spacial score (nSPS) is 14.3. The second-order valence-corrected chi connectivity index (χ2v) is 7.19. The van der Waals surface area contributed by atoms with Gasteiger partial charge in [-0.1, -0.05) is 12.1 Å². The van der Waals surface area contributed by atoms with E-state index in [9.17, 15) is 0 Å². The monoisotopic (exact) mass is 308 g/mol. The van der Waals surface area contributed by atoms with Crippen molar-refractivity contribution < 1.29 is 0 Å². The number of rotatable bonds is 5. The molecule has 2 heterocycles. The van der Waals surface area contributed by atoms with Gasteiger partial charge in [0.1, 0.15) is 0 Å². The Balaban J connectivity index is 1.68. The molecule has 2 aromatic heterocycles. The lowest BCUT2D eigenvalue weighted by Gasteiger charge is -2.25. The molecule has 0 bridgehead atoms. The summed E-state index contributed by atoms with van der Waals surface area (Å²) in [4.78, 5) is 4.98. The van der Waals surface area contributed by atoms with Crippen LogP contribution in [0.2, 0.25) is 0 Å². The van der Waals surface area contributed by atoms with Crippen LogP contribution in [0.3, 0.4) is 0 Å². The lowest BCUT2D eigenvalue weighted by molar-refractivity contribution is 0.406. The molecule has 1 fully saturated rings. The van der Waals surface area contributed by atoms with Gasteiger partial charge in [-0.15, -0.1) is 22.7 Å². The molecule has 0 spiro atoms. The first kappa shape index (κ1) is 13.1. The summed E-state index contributed by atoms with van der Waals surface area (Å²) < 4.78 is 0. The van der Waals surface area contributed by atoms with E-state index in [0.29, 0.717) is 6.04 Å². The van der Waals surface area contributed by atoms with Gasteiger partial charge in [-0.2, -0.15) is 0 Å². The third kappa shape index (κ3) is 3.78. The fourth-order valence-corrected chi connectivity index (χ4v) is 3.61. The highest BCUT2D eigenvalue weighted by Crippen LogP contribution is 2.21. The number of thiocarbonyl (C=S) groups is 1. The number of nitrogens with zero attached hydrogens (tertiary/aromatic N) is 1. The summed E-state index contributed by atoms with van der Waals surface area (Å²) in [5.74, 6) is 0. The zero-order valence-electron chi connectivity index (χ0n) is 10.5. The molecule has 5 heteroatoms. The zero-order chi connectivity index (χ0) is 13.1. The van der Waals surface area contributed by atoms with Crippen LogP contribution in [0.1, 0.15) is 22.6 Å². The van der Waals surface area contributed by atoms with Crippen LogP contribution in [0.5, 0.6) is 0 Å². The van der Waals surface area contributed by atoms with Crippen LogP contribution in [-0.4, -0.2) is 16.1 Å². The Morgan fingerprint density at radius 2 is 1.74 bits per heavy atom. The Labute approximate surface area is 127 Å².